The summed E-state index contributed by atoms with van der Waals surface area (Å²) in [6, 6.07) is 6.17. The molecule has 4 heteroatoms. The van der Waals surface area contributed by atoms with E-state index in [1.54, 1.807) is 12.3 Å². The van der Waals surface area contributed by atoms with Crippen LogP contribution in [0, 0.1) is 11.3 Å². The summed E-state index contributed by atoms with van der Waals surface area (Å²) in [5, 5.41) is 15.3. The number of nitrogens with one attached hydrogen (secondary N) is 2. The van der Waals surface area contributed by atoms with Gasteiger partial charge in [0.25, 0.3) is 0 Å². The summed E-state index contributed by atoms with van der Waals surface area (Å²) >= 11 is 0. The lowest BCUT2D eigenvalue weighted by atomic mass is 10.2. The zero-order valence-electron chi connectivity index (χ0n) is 7.83. The Hall–Kier alpha value is -1.60. The van der Waals surface area contributed by atoms with E-state index in [0.717, 1.165) is 25.2 Å². The molecule has 1 aromatic heterocycles. The van der Waals surface area contributed by atoms with Gasteiger partial charge in [0.15, 0.2) is 0 Å². The van der Waals surface area contributed by atoms with Gasteiger partial charge in [0.2, 0.25) is 0 Å². The van der Waals surface area contributed by atoms with Crippen LogP contribution in [0.2, 0.25) is 0 Å². The maximum absolute atomic E-state index is 8.67. The maximum atomic E-state index is 8.67. The van der Waals surface area contributed by atoms with Crippen LogP contribution in [0.4, 0.5) is 5.69 Å². The molecular formula is C10H12N4. The smallest absolute Gasteiger partial charge is 0.142 e. The molecule has 0 spiro atoms. The van der Waals surface area contributed by atoms with Crippen LogP contribution in [0.25, 0.3) is 0 Å². The number of anilines is 1. The molecule has 1 saturated heterocycles. The molecule has 0 bridgehead atoms. The first-order valence-corrected chi connectivity index (χ1v) is 4.72. The molecule has 2 rings (SSSR count). The van der Waals surface area contributed by atoms with Gasteiger partial charge in [-0.05, 0) is 25.1 Å². The predicted octanol–water partition coefficient (Wildman–Crippen LogP) is 0.727. The van der Waals surface area contributed by atoms with Crippen molar-refractivity contribution in [3.63, 3.8) is 0 Å². The third kappa shape index (κ3) is 2.01. The summed E-state index contributed by atoms with van der Waals surface area (Å²) < 4.78 is 0. The molecule has 72 valence electrons. The number of aromatic nitrogens is 1. The maximum Gasteiger partial charge on any atom is 0.142 e. The molecule has 2 N–H and O–H groups in total. The summed E-state index contributed by atoms with van der Waals surface area (Å²) in [6.45, 7) is 2.05. The molecule has 0 saturated carbocycles. The van der Waals surface area contributed by atoms with Crippen molar-refractivity contribution in [2.24, 2.45) is 0 Å². The van der Waals surface area contributed by atoms with Gasteiger partial charge in [-0.2, -0.15) is 5.26 Å². The van der Waals surface area contributed by atoms with E-state index in [2.05, 4.69) is 15.6 Å². The first kappa shape index (κ1) is 8.97. The van der Waals surface area contributed by atoms with E-state index < -0.39 is 0 Å². The lowest BCUT2D eigenvalue weighted by molar-refractivity contribution is 0.793. The highest BCUT2D eigenvalue weighted by atomic mass is 15.0. The summed E-state index contributed by atoms with van der Waals surface area (Å²) in [5.41, 5.74) is 1.44. The van der Waals surface area contributed by atoms with Gasteiger partial charge in [-0.1, -0.05) is 0 Å². The normalized spacial score (nSPS) is 20.4. The second kappa shape index (κ2) is 4.07. The van der Waals surface area contributed by atoms with E-state index in [1.165, 1.54) is 0 Å². The van der Waals surface area contributed by atoms with E-state index in [0.29, 0.717) is 11.7 Å². The van der Waals surface area contributed by atoms with Gasteiger partial charge in [0.1, 0.15) is 11.8 Å². The van der Waals surface area contributed by atoms with Crippen molar-refractivity contribution in [3.8, 4) is 6.07 Å². The molecule has 0 aliphatic carbocycles. The Bertz CT molecular complexity index is 349. The first-order chi connectivity index (χ1) is 6.88. The molecule has 2 heterocycles. The molecular weight excluding hydrogens is 176 g/mol. The first-order valence-electron chi connectivity index (χ1n) is 4.72. The van der Waals surface area contributed by atoms with E-state index in [1.807, 2.05) is 12.1 Å². The predicted molar refractivity (Wildman–Crippen MR) is 53.8 cm³/mol. The highest BCUT2D eigenvalue weighted by Gasteiger charge is 2.13. The van der Waals surface area contributed by atoms with Crippen LogP contribution in [-0.2, 0) is 0 Å². The van der Waals surface area contributed by atoms with Crippen molar-refractivity contribution >= 4 is 5.69 Å². The average molecular weight is 188 g/mol. The van der Waals surface area contributed by atoms with Crippen LogP contribution >= 0.6 is 0 Å². The molecule has 1 aliphatic rings. The third-order valence-corrected chi connectivity index (χ3v) is 2.31. The Morgan fingerprint density at radius 3 is 3.29 bits per heavy atom. The van der Waals surface area contributed by atoms with Crippen LogP contribution in [-0.4, -0.2) is 24.1 Å². The average Bonchev–Trinajstić information content (AvgIpc) is 2.71. The lowest BCUT2D eigenvalue weighted by Gasteiger charge is -2.12. The number of hydrogen-bond donors (Lipinski definition) is 2. The molecule has 0 aromatic carbocycles. The Morgan fingerprint density at radius 1 is 1.64 bits per heavy atom. The zero-order chi connectivity index (χ0) is 9.80. The number of rotatable bonds is 2. The Labute approximate surface area is 83.0 Å². The largest absolute Gasteiger partial charge is 0.381 e. The molecule has 1 atom stereocenters. The molecule has 1 fully saturated rings. The number of nitriles is 1. The zero-order valence-corrected chi connectivity index (χ0v) is 7.83. The third-order valence-electron chi connectivity index (χ3n) is 2.31. The number of hydrogen-bond acceptors (Lipinski definition) is 4. The summed E-state index contributed by atoms with van der Waals surface area (Å²) in [6.07, 6.45) is 2.79. The SMILES string of the molecule is N#Cc1cc(NC2CCNC2)ccn1. The minimum Gasteiger partial charge on any atom is -0.381 e. The van der Waals surface area contributed by atoms with Gasteiger partial charge in [0, 0.05) is 24.5 Å². The van der Waals surface area contributed by atoms with E-state index in [9.17, 15) is 0 Å². The summed E-state index contributed by atoms with van der Waals surface area (Å²) in [4.78, 5) is 3.92. The molecule has 4 nitrogen and oxygen atoms in total. The van der Waals surface area contributed by atoms with Crippen LogP contribution in [0.1, 0.15) is 12.1 Å². The minimum atomic E-state index is 0.459. The minimum absolute atomic E-state index is 0.459. The monoisotopic (exact) mass is 188 g/mol. The summed E-state index contributed by atoms with van der Waals surface area (Å²) in [5.74, 6) is 0. The van der Waals surface area contributed by atoms with E-state index >= 15 is 0 Å². The van der Waals surface area contributed by atoms with Crippen LogP contribution in [0.3, 0.4) is 0 Å². The standard InChI is InChI=1S/C10H12N4/c11-6-10-5-8(2-4-13-10)14-9-1-3-12-7-9/h2,4-5,9,12H,1,3,7H2,(H,13,14). The number of nitrogens with zero attached hydrogens (tertiary/aromatic N) is 2. The molecule has 14 heavy (non-hydrogen) atoms. The molecule has 0 amide bonds. The van der Waals surface area contributed by atoms with Crippen molar-refractivity contribution < 1.29 is 0 Å². The number of pyridine rings is 1. The van der Waals surface area contributed by atoms with Gasteiger partial charge in [-0.3, -0.25) is 0 Å². The highest BCUT2D eigenvalue weighted by Crippen LogP contribution is 2.11. The highest BCUT2D eigenvalue weighted by molar-refractivity contribution is 5.46. The van der Waals surface area contributed by atoms with Crippen molar-refractivity contribution in [2.75, 3.05) is 18.4 Å². The fourth-order valence-electron chi connectivity index (χ4n) is 1.60. The van der Waals surface area contributed by atoms with Gasteiger partial charge in [-0.15, -0.1) is 0 Å². The lowest BCUT2D eigenvalue weighted by Crippen LogP contribution is -2.22. The second-order valence-electron chi connectivity index (χ2n) is 3.38. The quantitative estimate of drug-likeness (QED) is 0.718. The van der Waals surface area contributed by atoms with Crippen molar-refractivity contribution in [2.45, 2.75) is 12.5 Å². The van der Waals surface area contributed by atoms with Crippen LogP contribution in [0.5, 0.6) is 0 Å². The van der Waals surface area contributed by atoms with Crippen molar-refractivity contribution in [1.29, 1.82) is 5.26 Å². The Balaban J connectivity index is 2.05. The molecule has 1 aliphatic heterocycles. The van der Waals surface area contributed by atoms with Crippen molar-refractivity contribution in [1.82, 2.24) is 10.3 Å². The van der Waals surface area contributed by atoms with Gasteiger partial charge < -0.3 is 10.6 Å². The van der Waals surface area contributed by atoms with Gasteiger partial charge in [0.05, 0.1) is 0 Å². The second-order valence-corrected chi connectivity index (χ2v) is 3.38. The molecule has 0 radical (unpaired) electrons. The van der Waals surface area contributed by atoms with E-state index in [-0.39, 0.29) is 0 Å². The van der Waals surface area contributed by atoms with Crippen molar-refractivity contribution in [3.05, 3.63) is 24.0 Å². The van der Waals surface area contributed by atoms with Crippen LogP contribution < -0.4 is 10.6 Å². The topological polar surface area (TPSA) is 60.7 Å². The fourth-order valence-corrected chi connectivity index (χ4v) is 1.60. The summed E-state index contributed by atoms with van der Waals surface area (Å²) in [7, 11) is 0. The van der Waals surface area contributed by atoms with Crippen LogP contribution in [0.15, 0.2) is 18.3 Å². The van der Waals surface area contributed by atoms with Gasteiger partial charge >= 0.3 is 0 Å². The van der Waals surface area contributed by atoms with Gasteiger partial charge in [-0.25, -0.2) is 4.98 Å². The fraction of sp³-hybridized carbons (Fsp3) is 0.400. The Kier molecular flexibility index (Phi) is 2.61. The molecule has 1 unspecified atom stereocenters. The molecule has 1 aromatic rings. The van der Waals surface area contributed by atoms with E-state index in [4.69, 9.17) is 5.26 Å². The Morgan fingerprint density at radius 2 is 2.57 bits per heavy atom.